The van der Waals surface area contributed by atoms with Crippen LogP contribution >= 0.6 is 0 Å². The smallest absolute Gasteiger partial charge is 0.410 e. The van der Waals surface area contributed by atoms with E-state index in [2.05, 4.69) is 6.07 Å². The first kappa shape index (κ1) is 10.8. The van der Waals surface area contributed by atoms with Crippen LogP contribution in [0.5, 0.6) is 0 Å². The second-order valence-corrected chi connectivity index (χ2v) is 4.61. The molecule has 1 aliphatic rings. The molecule has 1 rings (SSSR count). The van der Waals surface area contributed by atoms with Crippen molar-refractivity contribution in [1.82, 2.24) is 4.90 Å². The van der Waals surface area contributed by atoms with Gasteiger partial charge < -0.3 is 9.64 Å². The molecule has 1 fully saturated rings. The lowest BCUT2D eigenvalue weighted by atomic mass is 9.98. The van der Waals surface area contributed by atoms with Gasteiger partial charge in [-0.15, -0.1) is 0 Å². The molecule has 14 heavy (non-hydrogen) atoms. The van der Waals surface area contributed by atoms with Crippen LogP contribution in [0.2, 0.25) is 0 Å². The van der Waals surface area contributed by atoms with Crippen LogP contribution < -0.4 is 0 Å². The third-order valence-electron chi connectivity index (χ3n) is 1.99. The van der Waals surface area contributed by atoms with Crippen molar-refractivity contribution < 1.29 is 9.53 Å². The fourth-order valence-electron chi connectivity index (χ4n) is 1.30. The van der Waals surface area contributed by atoms with Gasteiger partial charge in [0.15, 0.2) is 0 Å². The fourth-order valence-corrected chi connectivity index (χ4v) is 1.30. The Kier molecular flexibility index (Phi) is 3.00. The molecule has 0 radical (unpaired) electrons. The van der Waals surface area contributed by atoms with Crippen LogP contribution in [0.4, 0.5) is 4.79 Å². The summed E-state index contributed by atoms with van der Waals surface area (Å²) >= 11 is 0. The molecule has 0 aromatic heterocycles. The Hall–Kier alpha value is -1.24. The van der Waals surface area contributed by atoms with Crippen LogP contribution in [0.15, 0.2) is 0 Å². The summed E-state index contributed by atoms with van der Waals surface area (Å²) in [7, 11) is 0. The Labute approximate surface area is 84.4 Å². The van der Waals surface area contributed by atoms with Crippen LogP contribution in [-0.4, -0.2) is 29.7 Å². The topological polar surface area (TPSA) is 53.3 Å². The number of hydrogen-bond donors (Lipinski definition) is 0. The largest absolute Gasteiger partial charge is 0.444 e. The molecule has 0 N–H and O–H groups in total. The van der Waals surface area contributed by atoms with Crippen LogP contribution in [-0.2, 0) is 4.74 Å². The first-order chi connectivity index (χ1) is 6.42. The van der Waals surface area contributed by atoms with Crippen molar-refractivity contribution in [2.24, 2.45) is 5.92 Å². The number of nitrogens with zero attached hydrogens (tertiary/aromatic N) is 2. The molecule has 0 aromatic rings. The van der Waals surface area contributed by atoms with Gasteiger partial charge in [0.25, 0.3) is 0 Å². The van der Waals surface area contributed by atoms with Gasteiger partial charge in [0.1, 0.15) is 5.60 Å². The number of ether oxygens (including phenoxy) is 1. The van der Waals surface area contributed by atoms with Gasteiger partial charge in [0.2, 0.25) is 0 Å². The summed E-state index contributed by atoms with van der Waals surface area (Å²) in [4.78, 5) is 13.0. The molecule has 1 aliphatic heterocycles. The van der Waals surface area contributed by atoms with Gasteiger partial charge in [-0.05, 0) is 20.8 Å². The summed E-state index contributed by atoms with van der Waals surface area (Å²) in [6, 6.07) is 2.10. The molecule has 1 saturated heterocycles. The SMILES string of the molecule is CC(C)(C)OC(=O)N1CC(CC#N)C1. The van der Waals surface area contributed by atoms with Gasteiger partial charge in [0, 0.05) is 25.4 Å². The van der Waals surface area contributed by atoms with E-state index in [0.29, 0.717) is 25.4 Å². The molecule has 0 bridgehead atoms. The molecule has 0 saturated carbocycles. The Balaban J connectivity index is 2.27. The predicted molar refractivity (Wildman–Crippen MR) is 51.5 cm³/mol. The first-order valence-electron chi connectivity index (χ1n) is 4.77. The van der Waals surface area contributed by atoms with E-state index in [-0.39, 0.29) is 6.09 Å². The fraction of sp³-hybridized carbons (Fsp3) is 0.800. The lowest BCUT2D eigenvalue weighted by Gasteiger charge is -2.38. The quantitative estimate of drug-likeness (QED) is 0.642. The van der Waals surface area contributed by atoms with Crippen molar-refractivity contribution in [2.75, 3.05) is 13.1 Å². The molecule has 0 spiro atoms. The number of rotatable bonds is 1. The van der Waals surface area contributed by atoms with Crippen LogP contribution in [0.1, 0.15) is 27.2 Å². The van der Waals surface area contributed by atoms with Gasteiger partial charge in [-0.1, -0.05) is 0 Å². The van der Waals surface area contributed by atoms with Crippen molar-refractivity contribution in [1.29, 1.82) is 5.26 Å². The van der Waals surface area contributed by atoms with Gasteiger partial charge in [-0.25, -0.2) is 4.79 Å². The molecule has 1 amide bonds. The maximum atomic E-state index is 11.4. The summed E-state index contributed by atoms with van der Waals surface area (Å²) < 4.78 is 5.17. The van der Waals surface area contributed by atoms with Crippen molar-refractivity contribution >= 4 is 6.09 Å². The van der Waals surface area contributed by atoms with Gasteiger partial charge >= 0.3 is 6.09 Å². The highest BCUT2D eigenvalue weighted by molar-refractivity contribution is 5.69. The Bertz CT molecular complexity index is 256. The third-order valence-corrected chi connectivity index (χ3v) is 1.99. The van der Waals surface area contributed by atoms with Gasteiger partial charge in [-0.2, -0.15) is 5.26 Å². The summed E-state index contributed by atoms with van der Waals surface area (Å²) in [5.74, 6) is 0.340. The number of carbonyl (C=O) groups is 1. The highest BCUT2D eigenvalue weighted by Crippen LogP contribution is 2.21. The molecule has 0 aromatic carbocycles. The third kappa shape index (κ3) is 2.91. The van der Waals surface area contributed by atoms with Crippen molar-refractivity contribution in [2.45, 2.75) is 32.8 Å². The van der Waals surface area contributed by atoms with Crippen LogP contribution in [0.25, 0.3) is 0 Å². The van der Waals surface area contributed by atoms with Crippen molar-refractivity contribution in [3.63, 3.8) is 0 Å². The Morgan fingerprint density at radius 3 is 2.57 bits per heavy atom. The maximum Gasteiger partial charge on any atom is 0.410 e. The van der Waals surface area contributed by atoms with Crippen LogP contribution in [0, 0.1) is 17.2 Å². The summed E-state index contributed by atoms with van der Waals surface area (Å²) in [6.45, 7) is 6.84. The normalized spacial score (nSPS) is 17.1. The lowest BCUT2D eigenvalue weighted by Crippen LogP contribution is -2.51. The average molecular weight is 196 g/mol. The number of likely N-dealkylation sites (tertiary alicyclic amines) is 1. The molecular weight excluding hydrogens is 180 g/mol. The van der Waals surface area contributed by atoms with E-state index in [9.17, 15) is 4.79 Å². The molecule has 0 atom stereocenters. The minimum atomic E-state index is -0.433. The predicted octanol–water partition coefficient (Wildman–Crippen LogP) is 1.77. The monoisotopic (exact) mass is 196 g/mol. The molecule has 4 heteroatoms. The van der Waals surface area contributed by atoms with E-state index in [1.54, 1.807) is 4.90 Å². The van der Waals surface area contributed by atoms with E-state index in [1.807, 2.05) is 20.8 Å². The zero-order valence-electron chi connectivity index (χ0n) is 8.91. The molecule has 1 heterocycles. The summed E-state index contributed by atoms with van der Waals surface area (Å²) in [5, 5.41) is 8.43. The standard InChI is InChI=1S/C10H16N2O2/c1-10(2,3)14-9(13)12-6-8(7-12)4-5-11/h8H,4,6-7H2,1-3H3. The van der Waals surface area contributed by atoms with E-state index < -0.39 is 5.60 Å². The Morgan fingerprint density at radius 1 is 1.57 bits per heavy atom. The number of hydrogen-bond acceptors (Lipinski definition) is 3. The molecule has 78 valence electrons. The second kappa shape index (κ2) is 3.87. The van der Waals surface area contributed by atoms with Crippen LogP contribution in [0.3, 0.4) is 0 Å². The minimum absolute atomic E-state index is 0.272. The van der Waals surface area contributed by atoms with E-state index in [0.717, 1.165) is 0 Å². The molecule has 0 aliphatic carbocycles. The van der Waals surface area contributed by atoms with Crippen molar-refractivity contribution in [3.05, 3.63) is 0 Å². The first-order valence-corrected chi connectivity index (χ1v) is 4.77. The average Bonchev–Trinajstić information content (AvgIpc) is 1.91. The van der Waals surface area contributed by atoms with E-state index in [4.69, 9.17) is 10.00 Å². The number of amides is 1. The van der Waals surface area contributed by atoms with Gasteiger partial charge in [-0.3, -0.25) is 0 Å². The second-order valence-electron chi connectivity index (χ2n) is 4.61. The number of nitriles is 1. The maximum absolute atomic E-state index is 11.4. The molecule has 4 nitrogen and oxygen atoms in total. The zero-order valence-corrected chi connectivity index (χ0v) is 8.91. The lowest BCUT2D eigenvalue weighted by molar-refractivity contribution is -0.000299. The molecular formula is C10H16N2O2. The summed E-state index contributed by atoms with van der Waals surface area (Å²) in [5.41, 5.74) is -0.433. The number of carbonyl (C=O) groups excluding carboxylic acids is 1. The Morgan fingerprint density at radius 2 is 2.14 bits per heavy atom. The highest BCUT2D eigenvalue weighted by Gasteiger charge is 2.33. The van der Waals surface area contributed by atoms with E-state index in [1.165, 1.54) is 0 Å². The highest BCUT2D eigenvalue weighted by atomic mass is 16.6. The van der Waals surface area contributed by atoms with E-state index >= 15 is 0 Å². The zero-order chi connectivity index (χ0) is 10.8. The summed E-state index contributed by atoms with van der Waals surface area (Å²) in [6.07, 6.45) is 0.255. The minimum Gasteiger partial charge on any atom is -0.444 e. The molecule has 0 unspecified atom stereocenters. The van der Waals surface area contributed by atoms with Crippen molar-refractivity contribution in [3.8, 4) is 6.07 Å². The van der Waals surface area contributed by atoms with Gasteiger partial charge in [0.05, 0.1) is 6.07 Å².